The Hall–Kier alpha value is -2.66. The molecule has 0 spiro atoms. The zero-order valence-electron chi connectivity index (χ0n) is 15.9. The topological polar surface area (TPSA) is 72.3 Å². The summed E-state index contributed by atoms with van der Waals surface area (Å²) in [5, 5.41) is 2.02. The number of alkyl halides is 3. The molecule has 2 aromatic heterocycles. The molecule has 0 aliphatic carbocycles. The minimum absolute atomic E-state index is 0.0394. The zero-order chi connectivity index (χ0) is 21.8. The van der Waals surface area contributed by atoms with Crippen molar-refractivity contribution in [2.45, 2.75) is 38.0 Å². The minimum Gasteiger partial charge on any atom is -0.339 e. The van der Waals surface area contributed by atoms with Crippen LogP contribution in [-0.2, 0) is 23.1 Å². The lowest BCUT2D eigenvalue weighted by atomic mass is 10.2. The number of rotatable bonds is 4. The highest BCUT2D eigenvalue weighted by atomic mass is 32.2. The number of aromatic nitrogens is 2. The van der Waals surface area contributed by atoms with Crippen LogP contribution in [0, 0.1) is 13.8 Å². The number of halogens is 3. The van der Waals surface area contributed by atoms with Gasteiger partial charge >= 0.3 is 6.18 Å². The van der Waals surface area contributed by atoms with Crippen LogP contribution in [0.25, 0.3) is 11.3 Å². The molecule has 6 nitrogen and oxygen atoms in total. The Kier molecular flexibility index (Phi) is 4.77. The van der Waals surface area contributed by atoms with Gasteiger partial charge in [-0.1, -0.05) is 12.1 Å². The first kappa shape index (κ1) is 20.6. The minimum atomic E-state index is -4.35. The van der Waals surface area contributed by atoms with Crippen molar-refractivity contribution in [2.75, 3.05) is 0 Å². The zero-order valence-corrected chi connectivity index (χ0v) is 17.5. The van der Waals surface area contributed by atoms with E-state index in [0.717, 1.165) is 15.6 Å². The molecule has 0 saturated carbocycles. The van der Waals surface area contributed by atoms with Gasteiger partial charge < -0.3 is 4.57 Å². The van der Waals surface area contributed by atoms with Crippen molar-refractivity contribution in [3.05, 3.63) is 57.7 Å². The van der Waals surface area contributed by atoms with Crippen molar-refractivity contribution < 1.29 is 26.4 Å². The van der Waals surface area contributed by atoms with E-state index in [-0.39, 0.29) is 17.0 Å². The third-order valence-electron chi connectivity index (χ3n) is 4.93. The van der Waals surface area contributed by atoms with E-state index in [4.69, 9.17) is 0 Å². The van der Waals surface area contributed by atoms with Gasteiger partial charge in [-0.05, 0) is 32.0 Å². The van der Waals surface area contributed by atoms with Crippen LogP contribution in [-0.4, -0.2) is 34.4 Å². The van der Waals surface area contributed by atoms with Gasteiger partial charge in [0.15, 0.2) is 0 Å². The first-order chi connectivity index (χ1) is 14.0. The van der Waals surface area contributed by atoms with Crippen LogP contribution in [0.5, 0.6) is 0 Å². The molecule has 4 rings (SSSR count). The number of nitrogens with zero attached hydrogens (tertiary/aromatic N) is 3. The van der Waals surface area contributed by atoms with Crippen LogP contribution in [0.2, 0.25) is 0 Å². The number of sulfonamides is 1. The molecule has 0 N–H and O–H groups in total. The van der Waals surface area contributed by atoms with Crippen molar-refractivity contribution in [1.29, 1.82) is 0 Å². The van der Waals surface area contributed by atoms with Gasteiger partial charge in [-0.25, -0.2) is 17.7 Å². The average Bonchev–Trinajstić information content (AvgIpc) is 3.29. The Morgan fingerprint density at radius 1 is 1.13 bits per heavy atom. The van der Waals surface area contributed by atoms with Crippen LogP contribution < -0.4 is 0 Å². The third kappa shape index (κ3) is 3.41. The van der Waals surface area contributed by atoms with Gasteiger partial charge in [-0.3, -0.25) is 4.79 Å². The van der Waals surface area contributed by atoms with E-state index in [1.807, 2.05) is 0 Å². The lowest BCUT2D eigenvalue weighted by molar-refractivity contribution is -0.141. The van der Waals surface area contributed by atoms with Crippen LogP contribution in [0.1, 0.15) is 26.8 Å². The lowest BCUT2D eigenvalue weighted by Gasteiger charge is -2.13. The predicted molar refractivity (Wildman–Crippen MR) is 105 cm³/mol. The highest BCUT2D eigenvalue weighted by Gasteiger charge is 2.41. The third-order valence-corrected chi connectivity index (χ3v) is 7.55. The number of aryl methyl sites for hydroxylation is 1. The summed E-state index contributed by atoms with van der Waals surface area (Å²) in [5.41, 5.74) is 1.96. The Balaban J connectivity index is 1.63. The molecule has 1 amide bonds. The number of hydrogen-bond acceptors (Lipinski definition) is 5. The fourth-order valence-corrected chi connectivity index (χ4v) is 5.89. The molecule has 30 heavy (non-hydrogen) atoms. The molecule has 0 radical (unpaired) electrons. The van der Waals surface area contributed by atoms with E-state index in [9.17, 15) is 26.4 Å². The molecule has 11 heteroatoms. The monoisotopic (exact) mass is 455 g/mol. The summed E-state index contributed by atoms with van der Waals surface area (Å²) in [6, 6.07) is 7.59. The number of hydrogen-bond donors (Lipinski definition) is 0. The molecule has 3 heterocycles. The van der Waals surface area contributed by atoms with Crippen molar-refractivity contribution in [1.82, 2.24) is 13.9 Å². The van der Waals surface area contributed by atoms with E-state index in [1.54, 1.807) is 37.4 Å². The maximum absolute atomic E-state index is 12.8. The van der Waals surface area contributed by atoms with E-state index in [1.165, 1.54) is 16.7 Å². The van der Waals surface area contributed by atoms with Gasteiger partial charge in [0.2, 0.25) is 0 Å². The molecule has 0 unspecified atom stereocenters. The Morgan fingerprint density at radius 3 is 2.50 bits per heavy atom. The maximum Gasteiger partial charge on any atom is 0.406 e. The number of carbonyl (C=O) groups is 1. The normalized spacial score (nSPS) is 15.6. The molecule has 0 fully saturated rings. The number of amides is 1. The summed E-state index contributed by atoms with van der Waals surface area (Å²) < 4.78 is 65.8. The number of thiazole rings is 1. The van der Waals surface area contributed by atoms with Crippen LogP contribution in [0.3, 0.4) is 0 Å². The summed E-state index contributed by atoms with van der Waals surface area (Å²) in [5.74, 6) is -0.620. The number of benzene rings is 1. The first-order valence-electron chi connectivity index (χ1n) is 8.83. The second kappa shape index (κ2) is 6.95. The first-order valence-corrected chi connectivity index (χ1v) is 11.2. The van der Waals surface area contributed by atoms with Gasteiger partial charge in [-0.2, -0.15) is 13.2 Å². The van der Waals surface area contributed by atoms with Gasteiger partial charge in [0.1, 0.15) is 16.4 Å². The fourth-order valence-electron chi connectivity index (χ4n) is 3.50. The van der Waals surface area contributed by atoms with Crippen LogP contribution >= 0.6 is 11.3 Å². The molecule has 0 atom stereocenters. The summed E-state index contributed by atoms with van der Waals surface area (Å²) in [6.07, 6.45) is -4.35. The van der Waals surface area contributed by atoms with Crippen molar-refractivity contribution in [3.63, 3.8) is 0 Å². The second-order valence-corrected chi connectivity index (χ2v) is 9.70. The fraction of sp³-hybridized carbons (Fsp3) is 0.263. The summed E-state index contributed by atoms with van der Waals surface area (Å²) >= 11 is 1.15. The maximum atomic E-state index is 12.8. The Bertz CT molecular complexity index is 1260. The molecular weight excluding hydrogens is 439 g/mol. The van der Waals surface area contributed by atoms with Crippen molar-refractivity contribution in [2.24, 2.45) is 0 Å². The molecule has 0 bridgehead atoms. The smallest absolute Gasteiger partial charge is 0.339 e. The quantitative estimate of drug-likeness (QED) is 0.593. The largest absolute Gasteiger partial charge is 0.406 e. The SMILES string of the molecule is Cc1cc(-c2csc(CN3C(=O)c4ccccc4S3(=O)=O)n2)c(C)n1CC(F)(F)F. The molecule has 1 aliphatic heterocycles. The number of carbonyl (C=O) groups excluding carboxylic acids is 1. The highest BCUT2D eigenvalue weighted by molar-refractivity contribution is 7.90. The van der Waals surface area contributed by atoms with E-state index < -0.39 is 28.7 Å². The predicted octanol–water partition coefficient (Wildman–Crippen LogP) is 4.14. The Labute approximate surface area is 174 Å². The number of fused-ring (bicyclic) bond motifs is 1. The van der Waals surface area contributed by atoms with Gasteiger partial charge in [0.25, 0.3) is 15.9 Å². The van der Waals surface area contributed by atoms with Gasteiger partial charge in [-0.15, -0.1) is 11.3 Å². The van der Waals surface area contributed by atoms with E-state index in [0.29, 0.717) is 27.7 Å². The Morgan fingerprint density at radius 2 is 1.83 bits per heavy atom. The summed E-state index contributed by atoms with van der Waals surface area (Å²) in [4.78, 5) is 16.9. The lowest BCUT2D eigenvalue weighted by Crippen LogP contribution is -2.29. The molecular formula is C19H16F3N3O3S2. The standard InChI is InChI=1S/C19H16F3N3O3S2/c1-11-7-14(12(2)24(11)10-19(20,21)22)15-9-29-17(23-15)8-25-18(26)13-5-3-4-6-16(13)30(25,27)28/h3-7,9H,8,10H2,1-2H3. The van der Waals surface area contributed by atoms with Gasteiger partial charge in [0, 0.05) is 22.3 Å². The molecule has 1 aromatic carbocycles. The van der Waals surface area contributed by atoms with E-state index in [2.05, 4.69) is 4.98 Å². The van der Waals surface area contributed by atoms with E-state index >= 15 is 0 Å². The second-order valence-electron chi connectivity index (χ2n) is 6.93. The van der Waals surface area contributed by atoms with Crippen molar-refractivity contribution in [3.8, 4) is 11.3 Å². The molecule has 158 valence electrons. The highest BCUT2D eigenvalue weighted by Crippen LogP contribution is 2.34. The van der Waals surface area contributed by atoms with Crippen molar-refractivity contribution >= 4 is 27.3 Å². The molecule has 1 aliphatic rings. The average molecular weight is 455 g/mol. The summed E-state index contributed by atoms with van der Waals surface area (Å²) in [6.45, 7) is 1.84. The molecule has 0 saturated heterocycles. The summed E-state index contributed by atoms with van der Waals surface area (Å²) in [7, 11) is -3.96. The van der Waals surface area contributed by atoms with Gasteiger partial charge in [0.05, 0.1) is 17.8 Å². The van der Waals surface area contributed by atoms with Crippen LogP contribution in [0.15, 0.2) is 40.6 Å². The molecule has 3 aromatic rings. The van der Waals surface area contributed by atoms with Crippen LogP contribution in [0.4, 0.5) is 13.2 Å².